The van der Waals surface area contributed by atoms with Crippen molar-refractivity contribution in [2.45, 2.75) is 51.6 Å². The van der Waals surface area contributed by atoms with Crippen molar-refractivity contribution in [2.75, 3.05) is 14.2 Å². The minimum Gasteiger partial charge on any atom is -0.493 e. The van der Waals surface area contributed by atoms with Gasteiger partial charge in [-0.15, -0.1) is 0 Å². The topological polar surface area (TPSA) is 30.5 Å². The molecule has 0 radical (unpaired) electrons. The first-order valence-electron chi connectivity index (χ1n) is 7.62. The van der Waals surface area contributed by atoms with Crippen LogP contribution in [0.1, 0.15) is 51.1 Å². The molecule has 3 unspecified atom stereocenters. The largest absolute Gasteiger partial charge is 0.493 e. The molecule has 0 spiro atoms. The van der Waals surface area contributed by atoms with Crippen LogP contribution in [0, 0.1) is 5.92 Å². The Balaban J connectivity index is 2.03. The first kappa shape index (κ1) is 15.2. The number of hydrogen-bond donors (Lipinski definition) is 1. The zero-order chi connectivity index (χ0) is 14.5. The molecule has 0 bridgehead atoms. The van der Waals surface area contributed by atoms with Crippen LogP contribution in [0.2, 0.25) is 0 Å². The molecule has 0 aliphatic heterocycles. The number of rotatable bonds is 5. The van der Waals surface area contributed by atoms with Gasteiger partial charge >= 0.3 is 0 Å². The van der Waals surface area contributed by atoms with Crippen molar-refractivity contribution in [3.8, 4) is 11.5 Å². The van der Waals surface area contributed by atoms with E-state index in [0.29, 0.717) is 12.1 Å². The Morgan fingerprint density at radius 2 is 1.90 bits per heavy atom. The van der Waals surface area contributed by atoms with Crippen LogP contribution < -0.4 is 14.8 Å². The molecule has 1 fully saturated rings. The van der Waals surface area contributed by atoms with Crippen LogP contribution >= 0.6 is 0 Å². The highest BCUT2D eigenvalue weighted by molar-refractivity contribution is 5.43. The van der Waals surface area contributed by atoms with Gasteiger partial charge in [0.2, 0.25) is 0 Å². The predicted octanol–water partition coefficient (Wildman–Crippen LogP) is 3.93. The molecule has 0 saturated heterocycles. The fraction of sp³-hybridized carbons (Fsp3) is 0.647. The van der Waals surface area contributed by atoms with Crippen molar-refractivity contribution in [2.24, 2.45) is 5.92 Å². The van der Waals surface area contributed by atoms with E-state index >= 15 is 0 Å². The lowest BCUT2D eigenvalue weighted by Crippen LogP contribution is -2.35. The predicted molar refractivity (Wildman–Crippen MR) is 82.5 cm³/mol. The van der Waals surface area contributed by atoms with Crippen LogP contribution in [0.4, 0.5) is 0 Å². The highest BCUT2D eigenvalue weighted by Crippen LogP contribution is 2.31. The standard InChI is InChI=1S/C17H27NO2/c1-12-6-5-7-15(10-12)18-13(2)14-8-9-16(19-3)17(11-14)20-4/h8-9,11-13,15,18H,5-7,10H2,1-4H3. The molecule has 3 heteroatoms. The molecular weight excluding hydrogens is 250 g/mol. The summed E-state index contributed by atoms with van der Waals surface area (Å²) < 4.78 is 10.7. The maximum atomic E-state index is 5.38. The van der Waals surface area contributed by atoms with E-state index in [2.05, 4.69) is 31.3 Å². The molecule has 0 aromatic heterocycles. The maximum absolute atomic E-state index is 5.38. The highest BCUT2D eigenvalue weighted by Gasteiger charge is 2.21. The van der Waals surface area contributed by atoms with Crippen molar-refractivity contribution in [1.29, 1.82) is 0 Å². The number of benzene rings is 1. The van der Waals surface area contributed by atoms with Crippen LogP contribution in [0.15, 0.2) is 18.2 Å². The fourth-order valence-corrected chi connectivity index (χ4v) is 3.16. The second kappa shape index (κ2) is 6.98. The van der Waals surface area contributed by atoms with Gasteiger partial charge < -0.3 is 14.8 Å². The van der Waals surface area contributed by atoms with Gasteiger partial charge in [0.1, 0.15) is 0 Å². The summed E-state index contributed by atoms with van der Waals surface area (Å²) in [6, 6.07) is 7.15. The van der Waals surface area contributed by atoms with E-state index in [-0.39, 0.29) is 0 Å². The molecule has 20 heavy (non-hydrogen) atoms. The molecule has 112 valence electrons. The molecule has 1 saturated carbocycles. The van der Waals surface area contributed by atoms with Gasteiger partial charge in [0.05, 0.1) is 14.2 Å². The molecule has 0 amide bonds. The van der Waals surface area contributed by atoms with Crippen molar-refractivity contribution in [3.05, 3.63) is 23.8 Å². The summed E-state index contributed by atoms with van der Waals surface area (Å²) in [6.07, 6.45) is 5.31. The van der Waals surface area contributed by atoms with Crippen molar-refractivity contribution in [3.63, 3.8) is 0 Å². The molecule has 0 heterocycles. The van der Waals surface area contributed by atoms with Crippen LogP contribution in [0.25, 0.3) is 0 Å². The molecule has 1 aliphatic carbocycles. The second-order valence-electron chi connectivity index (χ2n) is 5.97. The molecular formula is C17H27NO2. The quantitative estimate of drug-likeness (QED) is 0.884. The first-order valence-corrected chi connectivity index (χ1v) is 7.62. The Bertz CT molecular complexity index is 433. The van der Waals surface area contributed by atoms with Gasteiger partial charge in [0.15, 0.2) is 11.5 Å². The van der Waals surface area contributed by atoms with E-state index in [4.69, 9.17) is 9.47 Å². The summed E-state index contributed by atoms with van der Waals surface area (Å²) >= 11 is 0. The molecule has 1 N–H and O–H groups in total. The summed E-state index contributed by atoms with van der Waals surface area (Å²) in [6.45, 7) is 4.58. The Morgan fingerprint density at radius 3 is 2.55 bits per heavy atom. The third-order valence-electron chi connectivity index (χ3n) is 4.33. The summed E-state index contributed by atoms with van der Waals surface area (Å²) in [4.78, 5) is 0. The summed E-state index contributed by atoms with van der Waals surface area (Å²) in [5, 5.41) is 3.76. The molecule has 3 atom stereocenters. The summed E-state index contributed by atoms with van der Waals surface area (Å²) in [7, 11) is 3.35. The average molecular weight is 277 g/mol. The summed E-state index contributed by atoms with van der Waals surface area (Å²) in [5.41, 5.74) is 1.25. The van der Waals surface area contributed by atoms with E-state index in [0.717, 1.165) is 17.4 Å². The Kier molecular flexibility index (Phi) is 5.30. The van der Waals surface area contributed by atoms with Gasteiger partial charge in [-0.1, -0.05) is 25.8 Å². The van der Waals surface area contributed by atoms with Gasteiger partial charge in [0.25, 0.3) is 0 Å². The lowest BCUT2D eigenvalue weighted by atomic mass is 9.86. The van der Waals surface area contributed by atoms with Crippen LogP contribution in [-0.4, -0.2) is 20.3 Å². The minimum absolute atomic E-state index is 0.338. The van der Waals surface area contributed by atoms with Crippen molar-refractivity contribution < 1.29 is 9.47 Å². The van der Waals surface area contributed by atoms with Crippen molar-refractivity contribution in [1.82, 2.24) is 5.32 Å². The number of ether oxygens (including phenoxy) is 2. The number of methoxy groups -OCH3 is 2. The normalized spacial score (nSPS) is 24.2. The van der Waals surface area contributed by atoms with Crippen molar-refractivity contribution >= 4 is 0 Å². The van der Waals surface area contributed by atoms with E-state index in [9.17, 15) is 0 Å². The minimum atomic E-state index is 0.338. The second-order valence-corrected chi connectivity index (χ2v) is 5.97. The Hall–Kier alpha value is -1.22. The molecule has 3 nitrogen and oxygen atoms in total. The van der Waals surface area contributed by atoms with Gasteiger partial charge in [0, 0.05) is 12.1 Å². The van der Waals surface area contributed by atoms with Crippen LogP contribution in [0.3, 0.4) is 0 Å². The monoisotopic (exact) mass is 277 g/mol. The van der Waals surface area contributed by atoms with Gasteiger partial charge in [-0.3, -0.25) is 0 Å². The van der Waals surface area contributed by atoms with Crippen LogP contribution in [0.5, 0.6) is 11.5 Å². The van der Waals surface area contributed by atoms with E-state index < -0.39 is 0 Å². The Morgan fingerprint density at radius 1 is 1.15 bits per heavy atom. The highest BCUT2D eigenvalue weighted by atomic mass is 16.5. The maximum Gasteiger partial charge on any atom is 0.161 e. The third kappa shape index (κ3) is 3.66. The molecule has 2 rings (SSSR count). The zero-order valence-electron chi connectivity index (χ0n) is 13.1. The van der Waals surface area contributed by atoms with E-state index in [1.165, 1.54) is 31.2 Å². The summed E-state index contributed by atoms with van der Waals surface area (Å²) in [5.74, 6) is 2.43. The SMILES string of the molecule is COc1ccc(C(C)NC2CCCC(C)C2)cc1OC. The lowest BCUT2D eigenvalue weighted by Gasteiger charge is -2.30. The zero-order valence-corrected chi connectivity index (χ0v) is 13.1. The third-order valence-corrected chi connectivity index (χ3v) is 4.33. The molecule has 1 aromatic rings. The van der Waals surface area contributed by atoms with E-state index in [1.54, 1.807) is 14.2 Å². The molecule has 1 aromatic carbocycles. The van der Waals surface area contributed by atoms with Crippen LogP contribution in [-0.2, 0) is 0 Å². The first-order chi connectivity index (χ1) is 9.63. The Labute approximate surface area is 122 Å². The number of hydrogen-bond acceptors (Lipinski definition) is 3. The van der Waals surface area contributed by atoms with Gasteiger partial charge in [-0.05, 0) is 43.4 Å². The smallest absolute Gasteiger partial charge is 0.161 e. The molecule has 1 aliphatic rings. The number of nitrogens with one attached hydrogen (secondary N) is 1. The van der Waals surface area contributed by atoms with Gasteiger partial charge in [-0.25, -0.2) is 0 Å². The van der Waals surface area contributed by atoms with Gasteiger partial charge in [-0.2, -0.15) is 0 Å². The van der Waals surface area contributed by atoms with E-state index in [1.807, 2.05) is 6.07 Å². The lowest BCUT2D eigenvalue weighted by molar-refractivity contribution is 0.285. The fourth-order valence-electron chi connectivity index (χ4n) is 3.16. The average Bonchev–Trinajstić information content (AvgIpc) is 2.46.